The number of amides is 1. The fraction of sp³-hybridized carbons (Fsp3) is 0.320. The van der Waals surface area contributed by atoms with Gasteiger partial charge in [0.2, 0.25) is 5.91 Å². The van der Waals surface area contributed by atoms with Crippen LogP contribution >= 0.6 is 23.1 Å². The maximum atomic E-state index is 12.8. The van der Waals surface area contributed by atoms with Crippen molar-refractivity contribution >= 4 is 40.0 Å². The van der Waals surface area contributed by atoms with E-state index in [9.17, 15) is 9.59 Å². The quantitative estimate of drug-likeness (QED) is 0.220. The van der Waals surface area contributed by atoms with Crippen LogP contribution in [-0.2, 0) is 22.4 Å². The molecule has 0 fully saturated rings. The van der Waals surface area contributed by atoms with E-state index in [1.54, 1.807) is 18.6 Å². The third-order valence-electron chi connectivity index (χ3n) is 5.93. The normalized spacial score (nSPS) is 15.1. The third kappa shape index (κ3) is 4.94. The molecule has 10 heteroatoms. The van der Waals surface area contributed by atoms with Gasteiger partial charge in [0.1, 0.15) is 16.4 Å². The van der Waals surface area contributed by atoms with E-state index in [-0.39, 0.29) is 12.3 Å². The zero-order valence-corrected chi connectivity index (χ0v) is 21.0. The van der Waals surface area contributed by atoms with Crippen molar-refractivity contribution in [1.82, 2.24) is 9.97 Å². The summed E-state index contributed by atoms with van der Waals surface area (Å²) >= 11 is 2.92. The van der Waals surface area contributed by atoms with Crippen molar-refractivity contribution in [3.8, 4) is 22.9 Å². The Bertz CT molecular complexity index is 1270. The van der Waals surface area contributed by atoms with Gasteiger partial charge in [0.15, 0.2) is 16.7 Å². The van der Waals surface area contributed by atoms with Crippen LogP contribution in [0, 0.1) is 5.92 Å². The van der Waals surface area contributed by atoms with E-state index in [4.69, 9.17) is 13.6 Å². The Kier molecular flexibility index (Phi) is 6.83. The number of hydrogen-bond acceptors (Lipinski definition) is 8. The molecular weight excluding hydrogens is 486 g/mol. The molecule has 182 valence electrons. The van der Waals surface area contributed by atoms with E-state index >= 15 is 0 Å². The number of esters is 1. The van der Waals surface area contributed by atoms with Gasteiger partial charge in [-0.25, -0.2) is 9.78 Å². The molecule has 35 heavy (non-hydrogen) atoms. The number of carbonyl (C=O) groups excluding carboxylic acids is 2. The molecule has 0 saturated carbocycles. The summed E-state index contributed by atoms with van der Waals surface area (Å²) in [5, 5.41) is 4.20. The van der Waals surface area contributed by atoms with Gasteiger partial charge in [0, 0.05) is 17.1 Å². The summed E-state index contributed by atoms with van der Waals surface area (Å²) in [5.74, 6) is 1.80. The van der Waals surface area contributed by atoms with Gasteiger partial charge >= 0.3 is 5.97 Å². The summed E-state index contributed by atoms with van der Waals surface area (Å²) in [6, 6.07) is 7.30. The van der Waals surface area contributed by atoms with Gasteiger partial charge in [-0.05, 0) is 55.0 Å². The summed E-state index contributed by atoms with van der Waals surface area (Å²) in [6.07, 6.45) is 6.24. The molecule has 1 amide bonds. The van der Waals surface area contributed by atoms with E-state index < -0.39 is 5.97 Å². The van der Waals surface area contributed by atoms with Gasteiger partial charge in [-0.2, -0.15) is 0 Å². The zero-order valence-electron chi connectivity index (χ0n) is 19.4. The van der Waals surface area contributed by atoms with Crippen LogP contribution in [0.5, 0.6) is 0 Å². The first-order valence-corrected chi connectivity index (χ1v) is 13.2. The van der Waals surface area contributed by atoms with E-state index in [1.807, 2.05) is 18.2 Å². The fourth-order valence-corrected chi connectivity index (χ4v) is 6.42. The highest BCUT2D eigenvalue weighted by Crippen LogP contribution is 2.40. The van der Waals surface area contributed by atoms with E-state index in [0.29, 0.717) is 44.6 Å². The Morgan fingerprint density at radius 3 is 2.74 bits per heavy atom. The number of nitrogens with zero attached hydrogens (tertiary/aromatic N) is 1. The number of furan rings is 2. The number of anilines is 1. The highest BCUT2D eigenvalue weighted by atomic mass is 32.2. The number of aromatic nitrogens is 2. The van der Waals surface area contributed by atoms with Gasteiger partial charge in [-0.1, -0.05) is 18.7 Å². The molecule has 4 aromatic heterocycles. The molecule has 1 aliphatic carbocycles. The number of hydrogen-bond donors (Lipinski definition) is 2. The molecule has 0 radical (unpaired) electrons. The molecule has 0 bridgehead atoms. The molecular formula is C25H25N3O5S2. The highest BCUT2D eigenvalue weighted by Gasteiger charge is 2.29. The van der Waals surface area contributed by atoms with Crippen LogP contribution in [0.3, 0.4) is 0 Å². The van der Waals surface area contributed by atoms with Crippen molar-refractivity contribution in [3.05, 3.63) is 52.8 Å². The maximum Gasteiger partial charge on any atom is 0.341 e. The second kappa shape index (κ2) is 10.2. The number of imidazole rings is 1. The standard InChI is InChI=1S/C25H25N3O5S2/c1-14-7-8-15-18(13-14)35-23(20(15)24(30)31-2)26-19(29)9-12-34-25-27-21(16-5-3-10-32-16)22(28-25)17-6-4-11-33-17/h3-6,10-11,14H,7-9,12-13H2,1-2H3,(H,26,29)(H,27,28). The fourth-order valence-electron chi connectivity index (χ4n) is 4.20. The molecule has 0 spiro atoms. The number of aromatic amines is 1. The largest absolute Gasteiger partial charge is 0.465 e. The predicted octanol–water partition coefficient (Wildman–Crippen LogP) is 6.02. The average Bonchev–Trinajstić information content (AvgIpc) is 3.64. The summed E-state index contributed by atoms with van der Waals surface area (Å²) in [4.78, 5) is 34.3. The minimum Gasteiger partial charge on any atom is -0.465 e. The summed E-state index contributed by atoms with van der Waals surface area (Å²) < 4.78 is 16.1. The summed E-state index contributed by atoms with van der Waals surface area (Å²) in [5.41, 5.74) is 2.91. The van der Waals surface area contributed by atoms with Crippen LogP contribution in [0.25, 0.3) is 22.9 Å². The van der Waals surface area contributed by atoms with Crippen molar-refractivity contribution in [1.29, 1.82) is 0 Å². The summed E-state index contributed by atoms with van der Waals surface area (Å²) in [6.45, 7) is 2.21. The van der Waals surface area contributed by atoms with Crippen LogP contribution in [0.15, 0.2) is 50.8 Å². The number of nitrogens with one attached hydrogen (secondary N) is 2. The van der Waals surface area contributed by atoms with Gasteiger partial charge in [0.05, 0.1) is 25.2 Å². The van der Waals surface area contributed by atoms with Gasteiger partial charge in [-0.3, -0.25) is 4.79 Å². The van der Waals surface area contributed by atoms with Crippen molar-refractivity contribution < 1.29 is 23.2 Å². The number of thiophene rings is 1. The Hall–Kier alpha value is -3.24. The monoisotopic (exact) mass is 511 g/mol. The molecule has 1 unspecified atom stereocenters. The smallest absolute Gasteiger partial charge is 0.341 e. The lowest BCUT2D eigenvalue weighted by atomic mass is 9.88. The zero-order chi connectivity index (χ0) is 24.4. The Balaban J connectivity index is 1.26. The van der Waals surface area contributed by atoms with Crippen molar-refractivity contribution in [3.63, 3.8) is 0 Å². The van der Waals surface area contributed by atoms with Crippen molar-refractivity contribution in [2.45, 2.75) is 37.8 Å². The molecule has 2 N–H and O–H groups in total. The number of fused-ring (bicyclic) bond motifs is 1. The number of ether oxygens (including phenoxy) is 1. The van der Waals surface area contributed by atoms with Crippen LogP contribution in [0.4, 0.5) is 5.00 Å². The molecule has 1 aliphatic rings. The molecule has 0 aliphatic heterocycles. The molecule has 1 atom stereocenters. The number of thioether (sulfide) groups is 1. The minimum atomic E-state index is -0.395. The molecule has 8 nitrogen and oxygen atoms in total. The second-order valence-corrected chi connectivity index (χ2v) is 10.6. The molecule has 5 rings (SSSR count). The highest BCUT2D eigenvalue weighted by molar-refractivity contribution is 7.99. The first kappa shape index (κ1) is 23.5. The Morgan fingerprint density at radius 1 is 1.26 bits per heavy atom. The van der Waals surface area contributed by atoms with Crippen LogP contribution < -0.4 is 5.32 Å². The van der Waals surface area contributed by atoms with Crippen LogP contribution in [0.1, 0.15) is 40.6 Å². The van der Waals surface area contributed by atoms with Gasteiger partial charge in [0.25, 0.3) is 0 Å². The number of methoxy groups -OCH3 is 1. The number of H-pyrrole nitrogens is 1. The van der Waals surface area contributed by atoms with Gasteiger partial charge in [-0.15, -0.1) is 11.3 Å². The second-order valence-electron chi connectivity index (χ2n) is 8.41. The first-order valence-electron chi connectivity index (χ1n) is 11.4. The van der Waals surface area contributed by atoms with Crippen molar-refractivity contribution in [2.24, 2.45) is 5.92 Å². The lowest BCUT2D eigenvalue weighted by Crippen LogP contribution is -2.16. The lowest BCUT2D eigenvalue weighted by molar-refractivity contribution is -0.115. The molecule has 0 aromatic carbocycles. The van der Waals surface area contributed by atoms with Crippen LogP contribution in [-0.4, -0.2) is 34.7 Å². The third-order valence-corrected chi connectivity index (χ3v) is 7.97. The van der Waals surface area contributed by atoms with E-state index in [2.05, 4.69) is 22.2 Å². The molecule has 4 heterocycles. The van der Waals surface area contributed by atoms with Crippen LogP contribution in [0.2, 0.25) is 0 Å². The maximum absolute atomic E-state index is 12.8. The predicted molar refractivity (Wildman–Crippen MR) is 135 cm³/mol. The number of rotatable bonds is 8. The first-order chi connectivity index (χ1) is 17.0. The lowest BCUT2D eigenvalue weighted by Gasteiger charge is -2.18. The molecule has 4 aromatic rings. The SMILES string of the molecule is COC(=O)c1c(NC(=O)CCSc2nc(-c3ccco3)c(-c3ccco3)[nH]2)sc2c1CCC(C)C2. The summed E-state index contributed by atoms with van der Waals surface area (Å²) in [7, 11) is 1.37. The Morgan fingerprint density at radius 2 is 2.03 bits per heavy atom. The van der Waals surface area contributed by atoms with Gasteiger partial charge < -0.3 is 23.9 Å². The van der Waals surface area contributed by atoms with E-state index in [0.717, 1.165) is 30.5 Å². The minimum absolute atomic E-state index is 0.154. The number of carbonyl (C=O) groups is 2. The molecule has 0 saturated heterocycles. The topological polar surface area (TPSA) is 110 Å². The van der Waals surface area contributed by atoms with E-state index in [1.165, 1.54) is 35.1 Å². The van der Waals surface area contributed by atoms with Crippen molar-refractivity contribution in [2.75, 3.05) is 18.2 Å². The average molecular weight is 512 g/mol. The Labute approximate surface area is 210 Å².